The van der Waals surface area contributed by atoms with Gasteiger partial charge in [-0.05, 0) is 43.5 Å². The lowest BCUT2D eigenvalue weighted by Gasteiger charge is -2.13. The van der Waals surface area contributed by atoms with Crippen LogP contribution in [0.5, 0.6) is 0 Å². The predicted molar refractivity (Wildman–Crippen MR) is 68.0 cm³/mol. The van der Waals surface area contributed by atoms with Crippen LogP contribution in [-0.2, 0) is 14.8 Å². The van der Waals surface area contributed by atoms with Crippen LogP contribution in [0.25, 0.3) is 0 Å². The molecule has 0 unspecified atom stereocenters. The van der Waals surface area contributed by atoms with Crippen molar-refractivity contribution >= 4 is 16.0 Å². The van der Waals surface area contributed by atoms with E-state index < -0.39 is 22.0 Å². The van der Waals surface area contributed by atoms with E-state index in [1.807, 2.05) is 6.07 Å². The highest BCUT2D eigenvalue weighted by atomic mass is 32.2. The zero-order valence-corrected chi connectivity index (χ0v) is 11.4. The van der Waals surface area contributed by atoms with Crippen molar-refractivity contribution in [2.45, 2.75) is 38.1 Å². The number of carbonyl (C=O) groups is 1. The lowest BCUT2D eigenvalue weighted by atomic mass is 10.2. The number of sulfonamides is 1. The maximum atomic E-state index is 12.0. The Hall–Kier alpha value is -1.40. The summed E-state index contributed by atoms with van der Waals surface area (Å²) in [7, 11) is -3.79. The number of hydrogen-bond acceptors (Lipinski definition) is 3. The summed E-state index contributed by atoms with van der Waals surface area (Å²) in [5.41, 5.74) is 1.64. The van der Waals surface area contributed by atoms with Gasteiger partial charge < -0.3 is 5.11 Å². The molecule has 5 nitrogen and oxygen atoms in total. The van der Waals surface area contributed by atoms with E-state index in [1.54, 1.807) is 20.8 Å². The molecular formula is C12H17NO4S. The molecule has 2 N–H and O–H groups in total. The van der Waals surface area contributed by atoms with Gasteiger partial charge in [-0.25, -0.2) is 8.42 Å². The van der Waals surface area contributed by atoms with E-state index in [0.717, 1.165) is 11.1 Å². The van der Waals surface area contributed by atoms with Crippen LogP contribution in [0.3, 0.4) is 0 Å². The summed E-state index contributed by atoms with van der Waals surface area (Å²) in [4.78, 5) is 10.9. The van der Waals surface area contributed by atoms with E-state index in [0.29, 0.717) is 0 Å². The maximum Gasteiger partial charge on any atom is 0.321 e. The molecule has 0 spiro atoms. The minimum atomic E-state index is -3.79. The van der Waals surface area contributed by atoms with Crippen molar-refractivity contribution in [2.24, 2.45) is 0 Å². The second-order valence-corrected chi connectivity index (χ2v) is 5.96. The Balaban J connectivity index is 3.10. The van der Waals surface area contributed by atoms with Crippen molar-refractivity contribution in [3.63, 3.8) is 0 Å². The Labute approximate surface area is 107 Å². The van der Waals surface area contributed by atoms with Gasteiger partial charge in [0, 0.05) is 0 Å². The molecule has 1 aromatic rings. The Morgan fingerprint density at radius 2 is 1.78 bits per heavy atom. The Kier molecular flexibility index (Phi) is 4.48. The summed E-state index contributed by atoms with van der Waals surface area (Å²) in [5.74, 6) is -1.18. The molecule has 0 saturated heterocycles. The summed E-state index contributed by atoms with van der Waals surface area (Å²) in [6.07, 6.45) is 0.194. The van der Waals surface area contributed by atoms with Crippen molar-refractivity contribution in [3.05, 3.63) is 29.3 Å². The van der Waals surface area contributed by atoms with Gasteiger partial charge in [-0.3, -0.25) is 4.79 Å². The number of rotatable bonds is 5. The summed E-state index contributed by atoms with van der Waals surface area (Å²) in [6.45, 7) is 5.20. The van der Waals surface area contributed by atoms with Gasteiger partial charge in [0.1, 0.15) is 6.04 Å². The van der Waals surface area contributed by atoms with E-state index >= 15 is 0 Å². The molecule has 0 aromatic heterocycles. The Bertz CT molecular complexity index is 531. The second kappa shape index (κ2) is 5.49. The average Bonchev–Trinajstić information content (AvgIpc) is 2.24. The molecule has 0 aliphatic carbocycles. The minimum absolute atomic E-state index is 0.0969. The summed E-state index contributed by atoms with van der Waals surface area (Å²) in [6, 6.07) is 3.79. The number of aryl methyl sites for hydroxylation is 2. The highest BCUT2D eigenvalue weighted by Crippen LogP contribution is 2.15. The van der Waals surface area contributed by atoms with Gasteiger partial charge in [0.25, 0.3) is 0 Å². The number of nitrogens with one attached hydrogen (secondary N) is 1. The van der Waals surface area contributed by atoms with Crippen molar-refractivity contribution < 1.29 is 18.3 Å². The first-order valence-electron chi connectivity index (χ1n) is 5.59. The number of benzene rings is 1. The fourth-order valence-corrected chi connectivity index (χ4v) is 3.11. The lowest BCUT2D eigenvalue weighted by Crippen LogP contribution is -2.40. The van der Waals surface area contributed by atoms with Crippen LogP contribution < -0.4 is 4.72 Å². The first-order chi connectivity index (χ1) is 8.26. The molecule has 18 heavy (non-hydrogen) atoms. The third kappa shape index (κ3) is 3.54. The van der Waals surface area contributed by atoms with Gasteiger partial charge in [0.15, 0.2) is 0 Å². The monoisotopic (exact) mass is 271 g/mol. The molecular weight excluding hydrogens is 254 g/mol. The smallest absolute Gasteiger partial charge is 0.321 e. The van der Waals surface area contributed by atoms with Crippen LogP contribution in [0.2, 0.25) is 0 Å². The lowest BCUT2D eigenvalue weighted by molar-refractivity contribution is -0.139. The first kappa shape index (κ1) is 14.7. The van der Waals surface area contributed by atoms with Gasteiger partial charge in [0.2, 0.25) is 10.0 Å². The van der Waals surface area contributed by atoms with Crippen LogP contribution in [0.4, 0.5) is 0 Å². The van der Waals surface area contributed by atoms with Gasteiger partial charge >= 0.3 is 5.97 Å². The van der Waals surface area contributed by atoms with Crippen LogP contribution in [0, 0.1) is 13.8 Å². The number of aliphatic carboxylic acids is 1. The topological polar surface area (TPSA) is 83.5 Å². The van der Waals surface area contributed by atoms with E-state index in [-0.39, 0.29) is 11.3 Å². The van der Waals surface area contributed by atoms with Crippen LogP contribution in [-0.4, -0.2) is 25.5 Å². The quantitative estimate of drug-likeness (QED) is 0.849. The molecule has 6 heteroatoms. The zero-order valence-electron chi connectivity index (χ0n) is 10.6. The molecule has 1 rings (SSSR count). The molecule has 0 amide bonds. The SMILES string of the molecule is CC[C@@H](NS(=O)(=O)c1cc(C)cc(C)c1)C(=O)O. The number of carboxylic acids is 1. The standard InChI is InChI=1S/C12H17NO4S/c1-4-11(12(14)15)13-18(16,17)10-6-8(2)5-9(3)7-10/h5-7,11,13H,4H2,1-3H3,(H,14,15)/t11-/m1/s1. The fourth-order valence-electron chi connectivity index (χ4n) is 1.65. The zero-order chi connectivity index (χ0) is 13.9. The molecule has 1 atom stereocenters. The largest absolute Gasteiger partial charge is 0.480 e. The fraction of sp³-hybridized carbons (Fsp3) is 0.417. The van der Waals surface area contributed by atoms with E-state index in [9.17, 15) is 13.2 Å². The van der Waals surface area contributed by atoms with Gasteiger partial charge in [-0.15, -0.1) is 0 Å². The summed E-state index contributed by atoms with van der Waals surface area (Å²) in [5, 5.41) is 8.87. The Morgan fingerprint density at radius 1 is 1.28 bits per heavy atom. The van der Waals surface area contributed by atoms with E-state index in [1.165, 1.54) is 12.1 Å². The van der Waals surface area contributed by atoms with E-state index in [4.69, 9.17) is 5.11 Å². The number of hydrogen-bond donors (Lipinski definition) is 2. The summed E-state index contributed by atoms with van der Waals surface area (Å²) < 4.78 is 26.3. The van der Waals surface area contributed by atoms with E-state index in [2.05, 4.69) is 4.72 Å². The minimum Gasteiger partial charge on any atom is -0.480 e. The molecule has 0 bridgehead atoms. The first-order valence-corrected chi connectivity index (χ1v) is 7.08. The van der Waals surface area contributed by atoms with Crippen LogP contribution >= 0.6 is 0 Å². The summed E-state index contributed by atoms with van der Waals surface area (Å²) >= 11 is 0. The normalized spacial score (nSPS) is 13.3. The second-order valence-electron chi connectivity index (χ2n) is 4.24. The van der Waals surface area contributed by atoms with Crippen molar-refractivity contribution in [3.8, 4) is 0 Å². The maximum absolute atomic E-state index is 12.0. The van der Waals surface area contributed by atoms with Gasteiger partial charge in [0.05, 0.1) is 4.90 Å². The van der Waals surface area contributed by atoms with Crippen molar-refractivity contribution in [2.75, 3.05) is 0 Å². The molecule has 1 aromatic carbocycles. The molecule has 0 aliphatic heterocycles. The highest BCUT2D eigenvalue weighted by Gasteiger charge is 2.23. The highest BCUT2D eigenvalue weighted by molar-refractivity contribution is 7.89. The molecule has 0 aliphatic rings. The van der Waals surface area contributed by atoms with Gasteiger partial charge in [-0.1, -0.05) is 13.0 Å². The number of carboxylic acid groups (broad SMARTS) is 1. The Morgan fingerprint density at radius 3 is 2.17 bits per heavy atom. The molecule has 0 fully saturated rings. The average molecular weight is 271 g/mol. The third-order valence-corrected chi connectivity index (χ3v) is 3.96. The van der Waals surface area contributed by atoms with Crippen LogP contribution in [0.1, 0.15) is 24.5 Å². The third-order valence-electron chi connectivity index (χ3n) is 2.51. The van der Waals surface area contributed by atoms with Crippen LogP contribution in [0.15, 0.2) is 23.1 Å². The van der Waals surface area contributed by atoms with Crippen molar-refractivity contribution in [1.29, 1.82) is 0 Å². The predicted octanol–water partition coefficient (Wildman–Crippen LogP) is 1.44. The molecule has 0 radical (unpaired) electrons. The molecule has 0 heterocycles. The van der Waals surface area contributed by atoms with Gasteiger partial charge in [-0.2, -0.15) is 4.72 Å². The molecule has 100 valence electrons. The van der Waals surface area contributed by atoms with Crippen molar-refractivity contribution in [1.82, 2.24) is 4.72 Å². The molecule has 0 saturated carbocycles.